The van der Waals surface area contributed by atoms with E-state index in [1.165, 1.54) is 0 Å². The van der Waals surface area contributed by atoms with Gasteiger partial charge in [0, 0.05) is 25.3 Å². The van der Waals surface area contributed by atoms with Gasteiger partial charge < -0.3 is 4.74 Å². The average molecular weight is 262 g/mol. The number of H-pyrrole nitrogens is 1. The molecule has 0 radical (unpaired) electrons. The average Bonchev–Trinajstić information content (AvgIpc) is 3.03. The number of pyridine rings is 1. The Kier molecular flexibility index (Phi) is 3.21. The Bertz CT molecular complexity index is 571. The standard InChI is InChI=1S/C12H14N4OS/c18-12-15-14-11(10-3-1-2-5-13-10)16(12)7-9-4-6-17-8-9/h1-3,5,9H,4,6-8H2,(H,15,18). The van der Waals surface area contributed by atoms with E-state index in [2.05, 4.69) is 15.2 Å². The highest BCUT2D eigenvalue weighted by atomic mass is 32.1. The maximum atomic E-state index is 5.40. The number of ether oxygens (including phenoxy) is 1. The van der Waals surface area contributed by atoms with Crippen molar-refractivity contribution in [2.45, 2.75) is 13.0 Å². The number of hydrogen-bond donors (Lipinski definition) is 1. The first-order chi connectivity index (χ1) is 8.84. The van der Waals surface area contributed by atoms with Crippen LogP contribution < -0.4 is 0 Å². The van der Waals surface area contributed by atoms with Crippen LogP contribution in [-0.2, 0) is 11.3 Å². The molecule has 1 atom stereocenters. The Labute approximate surface area is 110 Å². The fraction of sp³-hybridized carbons (Fsp3) is 0.417. The van der Waals surface area contributed by atoms with Crippen LogP contribution in [0.4, 0.5) is 0 Å². The maximum absolute atomic E-state index is 5.40. The van der Waals surface area contributed by atoms with Crippen LogP contribution in [0.3, 0.4) is 0 Å². The van der Waals surface area contributed by atoms with Gasteiger partial charge in [0.15, 0.2) is 10.6 Å². The van der Waals surface area contributed by atoms with Gasteiger partial charge in [-0.2, -0.15) is 5.10 Å². The summed E-state index contributed by atoms with van der Waals surface area (Å²) in [4.78, 5) is 4.32. The zero-order valence-corrected chi connectivity index (χ0v) is 10.7. The Morgan fingerprint density at radius 2 is 2.44 bits per heavy atom. The predicted octanol–water partition coefficient (Wildman–Crippen LogP) is 2.04. The summed E-state index contributed by atoms with van der Waals surface area (Å²) in [5.41, 5.74) is 0.837. The van der Waals surface area contributed by atoms with Crippen LogP contribution in [0.25, 0.3) is 11.5 Å². The number of rotatable bonds is 3. The Hall–Kier alpha value is -1.53. The highest BCUT2D eigenvalue weighted by molar-refractivity contribution is 7.71. The number of hydrogen-bond acceptors (Lipinski definition) is 4. The van der Waals surface area contributed by atoms with Gasteiger partial charge in [-0.15, -0.1) is 0 Å². The maximum Gasteiger partial charge on any atom is 0.195 e. The second kappa shape index (κ2) is 4.99. The third-order valence-electron chi connectivity index (χ3n) is 3.12. The van der Waals surface area contributed by atoms with Crippen molar-refractivity contribution in [2.75, 3.05) is 13.2 Å². The predicted molar refractivity (Wildman–Crippen MR) is 69.6 cm³/mol. The summed E-state index contributed by atoms with van der Waals surface area (Å²) in [6.45, 7) is 2.48. The second-order valence-corrected chi connectivity index (χ2v) is 4.79. The van der Waals surface area contributed by atoms with E-state index < -0.39 is 0 Å². The van der Waals surface area contributed by atoms with Gasteiger partial charge in [0.25, 0.3) is 0 Å². The molecule has 1 unspecified atom stereocenters. The molecule has 1 fully saturated rings. The van der Waals surface area contributed by atoms with Crippen molar-refractivity contribution >= 4 is 12.2 Å². The summed E-state index contributed by atoms with van der Waals surface area (Å²) in [6.07, 6.45) is 2.84. The van der Waals surface area contributed by atoms with Crippen molar-refractivity contribution in [2.24, 2.45) is 5.92 Å². The van der Waals surface area contributed by atoms with Crippen LogP contribution in [0, 0.1) is 10.7 Å². The zero-order valence-electron chi connectivity index (χ0n) is 9.87. The van der Waals surface area contributed by atoms with Crippen LogP contribution >= 0.6 is 12.2 Å². The Morgan fingerprint density at radius 1 is 1.50 bits per heavy atom. The first-order valence-electron chi connectivity index (χ1n) is 5.99. The molecule has 2 aromatic rings. The van der Waals surface area contributed by atoms with Crippen molar-refractivity contribution in [1.82, 2.24) is 19.7 Å². The van der Waals surface area contributed by atoms with Gasteiger partial charge in [-0.25, -0.2) is 0 Å². The number of aromatic nitrogens is 4. The van der Waals surface area contributed by atoms with E-state index in [0.717, 1.165) is 37.7 Å². The lowest BCUT2D eigenvalue weighted by Crippen LogP contribution is -2.12. The highest BCUT2D eigenvalue weighted by Crippen LogP contribution is 2.19. The molecule has 6 heteroatoms. The molecule has 0 bridgehead atoms. The lowest BCUT2D eigenvalue weighted by Gasteiger charge is -2.10. The number of nitrogens with one attached hydrogen (secondary N) is 1. The molecule has 1 aliphatic rings. The molecule has 0 saturated carbocycles. The molecule has 1 aliphatic heterocycles. The third kappa shape index (κ3) is 2.21. The molecule has 3 heterocycles. The summed E-state index contributed by atoms with van der Waals surface area (Å²) in [5, 5.41) is 7.12. The third-order valence-corrected chi connectivity index (χ3v) is 3.43. The van der Waals surface area contributed by atoms with Gasteiger partial charge in [-0.1, -0.05) is 6.07 Å². The first kappa shape index (κ1) is 11.6. The van der Waals surface area contributed by atoms with Gasteiger partial charge in [-0.05, 0) is 30.8 Å². The fourth-order valence-electron chi connectivity index (χ4n) is 2.16. The van der Waals surface area contributed by atoms with Gasteiger partial charge in [-0.3, -0.25) is 14.6 Å². The Morgan fingerprint density at radius 3 is 3.17 bits per heavy atom. The molecule has 94 valence electrons. The fourth-order valence-corrected chi connectivity index (χ4v) is 2.37. The normalized spacial score (nSPS) is 19.2. The molecule has 2 aromatic heterocycles. The van der Waals surface area contributed by atoms with Gasteiger partial charge in [0.2, 0.25) is 0 Å². The largest absolute Gasteiger partial charge is 0.381 e. The quantitative estimate of drug-likeness (QED) is 0.860. The van der Waals surface area contributed by atoms with Gasteiger partial charge in [0.1, 0.15) is 5.69 Å². The van der Waals surface area contributed by atoms with E-state index >= 15 is 0 Å². The minimum atomic E-state index is 0.511. The number of nitrogens with zero attached hydrogens (tertiary/aromatic N) is 3. The van der Waals surface area contributed by atoms with Crippen molar-refractivity contribution in [3.63, 3.8) is 0 Å². The Balaban J connectivity index is 1.93. The van der Waals surface area contributed by atoms with Crippen molar-refractivity contribution in [3.8, 4) is 11.5 Å². The van der Waals surface area contributed by atoms with Crippen LogP contribution in [0.1, 0.15) is 6.42 Å². The van der Waals surface area contributed by atoms with Crippen LogP contribution in [0.15, 0.2) is 24.4 Å². The van der Waals surface area contributed by atoms with E-state index in [4.69, 9.17) is 17.0 Å². The minimum Gasteiger partial charge on any atom is -0.381 e. The van der Waals surface area contributed by atoms with Crippen LogP contribution in [0.5, 0.6) is 0 Å². The topological polar surface area (TPSA) is 55.7 Å². The summed E-state index contributed by atoms with van der Waals surface area (Å²) in [5.74, 6) is 1.31. The second-order valence-electron chi connectivity index (χ2n) is 4.41. The molecule has 3 rings (SSSR count). The molecule has 0 aliphatic carbocycles. The first-order valence-corrected chi connectivity index (χ1v) is 6.40. The van der Waals surface area contributed by atoms with Gasteiger partial charge in [0.05, 0.1) is 6.61 Å². The highest BCUT2D eigenvalue weighted by Gasteiger charge is 2.19. The SMILES string of the molecule is S=c1[nH]nc(-c2ccccn2)n1CC1CCOC1. The minimum absolute atomic E-state index is 0.511. The van der Waals surface area contributed by atoms with E-state index in [9.17, 15) is 0 Å². The molecule has 0 amide bonds. The summed E-state index contributed by atoms with van der Waals surface area (Å²) >= 11 is 5.28. The molecule has 18 heavy (non-hydrogen) atoms. The molecule has 1 N–H and O–H groups in total. The van der Waals surface area contributed by atoms with Crippen molar-refractivity contribution in [1.29, 1.82) is 0 Å². The summed E-state index contributed by atoms with van der Waals surface area (Å²) < 4.78 is 8.05. The molecule has 1 saturated heterocycles. The van der Waals surface area contributed by atoms with E-state index in [-0.39, 0.29) is 0 Å². The van der Waals surface area contributed by atoms with Crippen molar-refractivity contribution in [3.05, 3.63) is 29.2 Å². The summed E-state index contributed by atoms with van der Waals surface area (Å²) in [6, 6.07) is 5.77. The molecular weight excluding hydrogens is 248 g/mol. The van der Waals surface area contributed by atoms with E-state index in [1.54, 1.807) is 6.20 Å². The zero-order chi connectivity index (χ0) is 12.4. The monoisotopic (exact) mass is 262 g/mol. The van der Waals surface area contributed by atoms with Crippen LogP contribution in [-0.4, -0.2) is 33.0 Å². The molecule has 0 aromatic carbocycles. The van der Waals surface area contributed by atoms with Crippen LogP contribution in [0.2, 0.25) is 0 Å². The summed E-state index contributed by atoms with van der Waals surface area (Å²) in [7, 11) is 0. The smallest absolute Gasteiger partial charge is 0.195 e. The van der Waals surface area contributed by atoms with E-state index in [0.29, 0.717) is 10.7 Å². The number of aromatic amines is 1. The van der Waals surface area contributed by atoms with Crippen molar-refractivity contribution < 1.29 is 4.74 Å². The molecule has 5 nitrogen and oxygen atoms in total. The van der Waals surface area contributed by atoms with Gasteiger partial charge >= 0.3 is 0 Å². The molecule has 0 spiro atoms. The molecular formula is C12H14N4OS. The van der Waals surface area contributed by atoms with E-state index in [1.807, 2.05) is 22.8 Å². The lowest BCUT2D eigenvalue weighted by atomic mass is 10.1. The lowest BCUT2D eigenvalue weighted by molar-refractivity contribution is 0.182.